The highest BCUT2D eigenvalue weighted by Gasteiger charge is 2.35. The Morgan fingerprint density at radius 3 is 2.28 bits per heavy atom. The van der Waals surface area contributed by atoms with Crippen molar-refractivity contribution in [1.29, 1.82) is 0 Å². The Kier molecular flexibility index (Phi) is 9.57. The van der Waals surface area contributed by atoms with Gasteiger partial charge in [0, 0.05) is 29.0 Å². The first-order valence-electron chi connectivity index (χ1n) is 13.6. The fourth-order valence-corrected chi connectivity index (χ4v) is 6.11. The van der Waals surface area contributed by atoms with Crippen molar-refractivity contribution in [2.75, 3.05) is 10.5 Å². The van der Waals surface area contributed by atoms with Crippen LogP contribution in [0.5, 0.6) is 0 Å². The van der Waals surface area contributed by atoms with E-state index in [0.717, 1.165) is 16.7 Å². The average molecular weight is 687 g/mol. The van der Waals surface area contributed by atoms with Crippen LogP contribution in [0.1, 0.15) is 27.3 Å². The molecule has 5 rings (SSSR count). The maximum absolute atomic E-state index is 12.6. The number of nitrogens with one attached hydrogen (secondary N) is 1. The first-order chi connectivity index (χ1) is 21.7. The molecule has 0 fully saturated rings. The van der Waals surface area contributed by atoms with Crippen LogP contribution in [0.3, 0.4) is 0 Å². The van der Waals surface area contributed by atoms with E-state index in [1.807, 2.05) is 39.8 Å². The smallest absolute Gasteiger partial charge is 0.404 e. The van der Waals surface area contributed by atoms with Crippen molar-refractivity contribution in [2.24, 2.45) is 0 Å². The van der Waals surface area contributed by atoms with Gasteiger partial charge in [-0.2, -0.15) is 13.2 Å². The standard InChI is InChI=1S/C33H24Cl2F3N3O4S/c34-26-13-14-28(29(35)17-26)30-19-41(18-22-6-11-24(12-7-22)32(42)43)31(39-30)15-8-21-4-9-23(10-5-21)25-2-1-3-27(16-25)40-46(44,45)20-33(36,37)38/h1-17,19,40H,18,20H2,(H,42,43). The Bertz CT molecular complexity index is 2030. The molecule has 2 N–H and O–H groups in total. The van der Waals surface area contributed by atoms with Crippen LogP contribution in [-0.4, -0.2) is 41.0 Å². The monoisotopic (exact) mass is 685 g/mol. The first-order valence-corrected chi connectivity index (χ1v) is 16.0. The van der Waals surface area contributed by atoms with Crippen LogP contribution in [0.4, 0.5) is 18.9 Å². The van der Waals surface area contributed by atoms with Gasteiger partial charge < -0.3 is 9.67 Å². The molecule has 7 nitrogen and oxygen atoms in total. The molecule has 0 saturated carbocycles. The summed E-state index contributed by atoms with van der Waals surface area (Å²) in [5.41, 5.74) is 4.51. The number of halogens is 5. The van der Waals surface area contributed by atoms with E-state index >= 15 is 0 Å². The zero-order valence-corrected chi connectivity index (χ0v) is 26.0. The lowest BCUT2D eigenvalue weighted by Crippen LogP contribution is -2.27. The number of sulfonamides is 1. The second kappa shape index (κ2) is 13.4. The van der Waals surface area contributed by atoms with Crippen molar-refractivity contribution < 1.29 is 31.5 Å². The van der Waals surface area contributed by atoms with Crippen LogP contribution >= 0.6 is 23.2 Å². The third-order valence-corrected chi connectivity index (χ3v) is 8.53. The third kappa shape index (κ3) is 8.57. The number of rotatable bonds is 10. The van der Waals surface area contributed by atoms with E-state index in [-0.39, 0.29) is 11.3 Å². The number of hydrogen-bond acceptors (Lipinski definition) is 4. The van der Waals surface area contributed by atoms with Crippen molar-refractivity contribution in [3.63, 3.8) is 0 Å². The number of alkyl halides is 3. The highest BCUT2D eigenvalue weighted by Crippen LogP contribution is 2.31. The highest BCUT2D eigenvalue weighted by atomic mass is 35.5. The number of carboxylic acids is 1. The van der Waals surface area contributed by atoms with Crippen LogP contribution in [0.2, 0.25) is 10.0 Å². The Balaban J connectivity index is 1.39. The molecule has 0 amide bonds. The number of imidazole rings is 1. The number of nitrogens with zero attached hydrogens (tertiary/aromatic N) is 2. The summed E-state index contributed by atoms with van der Waals surface area (Å²) in [5, 5.41) is 10.2. The number of aromatic carboxylic acids is 1. The summed E-state index contributed by atoms with van der Waals surface area (Å²) in [4.78, 5) is 16.0. The van der Waals surface area contributed by atoms with Crippen molar-refractivity contribution in [3.05, 3.63) is 130 Å². The zero-order chi connectivity index (χ0) is 33.1. The predicted molar refractivity (Wildman–Crippen MR) is 174 cm³/mol. The molecule has 0 aliphatic rings. The third-order valence-electron chi connectivity index (χ3n) is 6.73. The van der Waals surface area contributed by atoms with E-state index in [0.29, 0.717) is 39.2 Å². The SMILES string of the molecule is O=C(O)c1ccc(Cn2cc(-c3ccc(Cl)cc3Cl)nc2C=Cc2ccc(-c3cccc(NS(=O)(=O)CC(F)(F)F)c3)cc2)cc1. The second-order valence-electron chi connectivity index (χ2n) is 10.3. The van der Waals surface area contributed by atoms with Crippen LogP contribution < -0.4 is 4.72 Å². The molecule has 46 heavy (non-hydrogen) atoms. The number of aromatic nitrogens is 2. The summed E-state index contributed by atoms with van der Waals surface area (Å²) < 4.78 is 65.5. The molecular formula is C33H24Cl2F3N3O4S. The van der Waals surface area contributed by atoms with E-state index in [9.17, 15) is 31.5 Å². The van der Waals surface area contributed by atoms with E-state index in [2.05, 4.69) is 0 Å². The molecule has 0 aliphatic carbocycles. The van der Waals surface area contributed by atoms with Crippen molar-refractivity contribution >= 4 is 57.0 Å². The molecule has 0 radical (unpaired) electrons. The van der Waals surface area contributed by atoms with Crippen molar-refractivity contribution in [3.8, 4) is 22.4 Å². The summed E-state index contributed by atoms with van der Waals surface area (Å²) in [5.74, 6) is -2.39. The molecule has 1 heterocycles. The Morgan fingerprint density at radius 2 is 1.63 bits per heavy atom. The van der Waals surface area contributed by atoms with Gasteiger partial charge in [-0.15, -0.1) is 0 Å². The fourth-order valence-electron chi connectivity index (χ4n) is 4.62. The number of carboxylic acid groups (broad SMARTS) is 1. The van der Waals surface area contributed by atoms with Crippen LogP contribution in [0, 0.1) is 0 Å². The van der Waals surface area contributed by atoms with Crippen LogP contribution in [-0.2, 0) is 16.6 Å². The minimum atomic E-state index is -4.86. The molecule has 5 aromatic rings. The van der Waals surface area contributed by atoms with Gasteiger partial charge in [0.05, 0.1) is 16.3 Å². The molecule has 0 bridgehead atoms. The van der Waals surface area contributed by atoms with Crippen LogP contribution in [0.25, 0.3) is 34.5 Å². The zero-order valence-electron chi connectivity index (χ0n) is 23.7. The van der Waals surface area contributed by atoms with Gasteiger partial charge in [-0.25, -0.2) is 18.2 Å². The summed E-state index contributed by atoms with van der Waals surface area (Å²) in [6.45, 7) is 0.403. The Hall–Kier alpha value is -4.58. The van der Waals surface area contributed by atoms with E-state index in [1.54, 1.807) is 54.6 Å². The number of benzene rings is 4. The van der Waals surface area contributed by atoms with Gasteiger partial charge in [0.1, 0.15) is 5.82 Å². The molecule has 236 valence electrons. The minimum absolute atomic E-state index is 0.0201. The predicted octanol–water partition coefficient (Wildman–Crippen LogP) is 8.74. The van der Waals surface area contributed by atoms with Gasteiger partial charge in [-0.05, 0) is 70.8 Å². The second-order valence-corrected chi connectivity index (χ2v) is 12.8. The van der Waals surface area contributed by atoms with Crippen molar-refractivity contribution in [2.45, 2.75) is 12.7 Å². The van der Waals surface area contributed by atoms with Crippen molar-refractivity contribution in [1.82, 2.24) is 9.55 Å². The van der Waals surface area contributed by atoms with Gasteiger partial charge >= 0.3 is 12.1 Å². The summed E-state index contributed by atoms with van der Waals surface area (Å²) in [6, 6.07) is 25.1. The summed E-state index contributed by atoms with van der Waals surface area (Å²) in [6.07, 6.45) is 0.663. The number of carbonyl (C=O) groups is 1. The molecule has 0 unspecified atom stereocenters. The van der Waals surface area contributed by atoms with Gasteiger partial charge in [-0.1, -0.05) is 77.8 Å². The van der Waals surface area contributed by atoms with E-state index < -0.39 is 27.9 Å². The maximum atomic E-state index is 12.6. The van der Waals surface area contributed by atoms with Gasteiger partial charge in [0.2, 0.25) is 10.0 Å². The largest absolute Gasteiger partial charge is 0.478 e. The molecule has 4 aromatic carbocycles. The molecule has 0 spiro atoms. The number of anilines is 1. The lowest BCUT2D eigenvalue weighted by Gasteiger charge is -2.11. The molecule has 0 atom stereocenters. The van der Waals surface area contributed by atoms with Gasteiger partial charge in [-0.3, -0.25) is 4.72 Å². The Labute approximate surface area is 272 Å². The maximum Gasteiger partial charge on any atom is 0.404 e. The van der Waals surface area contributed by atoms with Crippen LogP contribution in [0.15, 0.2) is 97.2 Å². The first kappa shape index (κ1) is 32.8. The van der Waals surface area contributed by atoms with E-state index in [4.69, 9.17) is 28.2 Å². The minimum Gasteiger partial charge on any atom is -0.478 e. The normalized spacial score (nSPS) is 12.0. The van der Waals surface area contributed by atoms with Gasteiger partial charge in [0.25, 0.3) is 0 Å². The molecule has 0 saturated heterocycles. The quantitative estimate of drug-likeness (QED) is 0.153. The molecule has 13 heteroatoms. The molecule has 1 aromatic heterocycles. The molecule has 0 aliphatic heterocycles. The topological polar surface area (TPSA) is 101 Å². The summed E-state index contributed by atoms with van der Waals surface area (Å²) >= 11 is 12.5. The summed E-state index contributed by atoms with van der Waals surface area (Å²) in [7, 11) is -4.61. The lowest BCUT2D eigenvalue weighted by atomic mass is 10.0. The fraction of sp³-hybridized carbons (Fsp3) is 0.0909. The Morgan fingerprint density at radius 1 is 0.913 bits per heavy atom. The average Bonchev–Trinajstić information content (AvgIpc) is 3.37. The molecular weight excluding hydrogens is 662 g/mol. The number of hydrogen-bond donors (Lipinski definition) is 2. The van der Waals surface area contributed by atoms with Gasteiger partial charge in [0.15, 0.2) is 5.75 Å². The highest BCUT2D eigenvalue weighted by molar-refractivity contribution is 7.92. The van der Waals surface area contributed by atoms with E-state index in [1.165, 1.54) is 24.3 Å². The lowest BCUT2D eigenvalue weighted by molar-refractivity contribution is -0.106.